The van der Waals surface area contributed by atoms with Gasteiger partial charge in [-0.15, -0.1) is 0 Å². The molecule has 1 heterocycles. The minimum atomic E-state index is -1.04. The van der Waals surface area contributed by atoms with Crippen molar-refractivity contribution in [1.29, 1.82) is 0 Å². The van der Waals surface area contributed by atoms with E-state index in [1.54, 1.807) is 12.1 Å². The van der Waals surface area contributed by atoms with Crippen molar-refractivity contribution in [2.24, 2.45) is 0 Å². The molecule has 0 spiro atoms. The summed E-state index contributed by atoms with van der Waals surface area (Å²) in [4.78, 5) is 30.1. The molecule has 1 amide bonds. The van der Waals surface area contributed by atoms with Crippen LogP contribution in [0.3, 0.4) is 0 Å². The van der Waals surface area contributed by atoms with Gasteiger partial charge in [-0.05, 0) is 31.5 Å². The molecular formula is C21H22N4O3. The van der Waals surface area contributed by atoms with Crippen LogP contribution in [0.1, 0.15) is 27.0 Å². The topological polar surface area (TPSA) is 99.2 Å². The number of carboxylic acid groups (broad SMARTS) is 1. The molecule has 144 valence electrons. The van der Waals surface area contributed by atoms with Crippen LogP contribution >= 0.6 is 0 Å². The maximum Gasteiger partial charge on any atom is 0.326 e. The molecule has 0 fully saturated rings. The van der Waals surface area contributed by atoms with Gasteiger partial charge < -0.3 is 10.0 Å². The first kappa shape index (κ1) is 19.3. The third-order valence-corrected chi connectivity index (χ3v) is 4.61. The second-order valence-electron chi connectivity index (χ2n) is 6.88. The van der Waals surface area contributed by atoms with Crippen LogP contribution < -0.4 is 0 Å². The highest BCUT2D eigenvalue weighted by atomic mass is 16.4. The zero-order valence-electron chi connectivity index (χ0n) is 16.0. The van der Waals surface area contributed by atoms with Crippen molar-refractivity contribution in [3.8, 4) is 11.4 Å². The first-order valence-corrected chi connectivity index (χ1v) is 8.88. The fourth-order valence-electron chi connectivity index (χ4n) is 3.20. The number of rotatable bonds is 6. The number of aliphatic carboxylic acids is 1. The molecule has 0 aliphatic carbocycles. The second kappa shape index (κ2) is 8.04. The molecule has 3 aromatic rings. The molecule has 0 aliphatic heterocycles. The van der Waals surface area contributed by atoms with Crippen molar-refractivity contribution < 1.29 is 14.7 Å². The molecular weight excluding hydrogens is 356 g/mol. The molecule has 3 rings (SSSR count). The number of carboxylic acids is 1. The van der Waals surface area contributed by atoms with E-state index < -0.39 is 12.0 Å². The summed E-state index contributed by atoms with van der Waals surface area (Å²) in [7, 11) is 1.53. The predicted octanol–water partition coefficient (Wildman–Crippen LogP) is 2.86. The maximum absolute atomic E-state index is 12.8. The number of nitrogens with zero attached hydrogens (tertiary/aromatic N) is 3. The Kier molecular flexibility index (Phi) is 5.54. The smallest absolute Gasteiger partial charge is 0.326 e. The summed E-state index contributed by atoms with van der Waals surface area (Å²) in [6.07, 6.45) is 1.64. The van der Waals surface area contributed by atoms with Gasteiger partial charge in [-0.3, -0.25) is 9.89 Å². The number of hydrogen-bond donors (Lipinski definition) is 2. The van der Waals surface area contributed by atoms with Gasteiger partial charge in [-0.2, -0.15) is 5.10 Å². The van der Waals surface area contributed by atoms with Crippen molar-refractivity contribution in [2.45, 2.75) is 26.3 Å². The Labute approximate surface area is 163 Å². The molecule has 28 heavy (non-hydrogen) atoms. The summed E-state index contributed by atoms with van der Waals surface area (Å²) < 4.78 is 0. The van der Waals surface area contributed by atoms with Crippen molar-refractivity contribution in [3.05, 3.63) is 71.0 Å². The van der Waals surface area contributed by atoms with E-state index in [4.69, 9.17) is 0 Å². The van der Waals surface area contributed by atoms with E-state index in [9.17, 15) is 14.7 Å². The van der Waals surface area contributed by atoms with E-state index in [0.717, 1.165) is 22.3 Å². The minimum Gasteiger partial charge on any atom is -0.480 e. The molecule has 0 aliphatic rings. The lowest BCUT2D eigenvalue weighted by atomic mass is 10.0. The number of amides is 1. The number of H-pyrrole nitrogens is 1. The summed E-state index contributed by atoms with van der Waals surface area (Å²) in [5, 5.41) is 16.3. The average Bonchev–Trinajstić information content (AvgIpc) is 3.19. The number of aromatic amines is 1. The third kappa shape index (κ3) is 4.25. The van der Waals surface area contributed by atoms with E-state index in [1.807, 2.05) is 44.2 Å². The number of carbonyl (C=O) groups is 2. The Morgan fingerprint density at radius 3 is 2.29 bits per heavy atom. The SMILES string of the molecule is Cc1cc(C)cc(C(=O)N(C)[C@@H](Cc2ccc(-c3ncn[nH]3)cc2)C(=O)O)c1. The van der Waals surface area contributed by atoms with Crippen LogP contribution in [0.2, 0.25) is 0 Å². The Bertz CT molecular complexity index is 961. The molecule has 2 N–H and O–H groups in total. The van der Waals surface area contributed by atoms with Crippen LogP contribution in [0.25, 0.3) is 11.4 Å². The molecule has 7 heteroatoms. The summed E-state index contributed by atoms with van der Waals surface area (Å²) in [6, 6.07) is 11.9. The summed E-state index contributed by atoms with van der Waals surface area (Å²) in [6.45, 7) is 3.82. The molecule has 0 saturated heterocycles. The number of hydrogen-bond acceptors (Lipinski definition) is 4. The van der Waals surface area contributed by atoms with Gasteiger partial charge in [-0.25, -0.2) is 9.78 Å². The Morgan fingerprint density at radius 2 is 1.75 bits per heavy atom. The van der Waals surface area contributed by atoms with Gasteiger partial charge in [0.15, 0.2) is 5.82 Å². The van der Waals surface area contributed by atoms with Gasteiger partial charge in [0.25, 0.3) is 5.91 Å². The summed E-state index contributed by atoms with van der Waals surface area (Å²) in [5.41, 5.74) is 4.09. The molecule has 7 nitrogen and oxygen atoms in total. The lowest BCUT2D eigenvalue weighted by Crippen LogP contribution is -2.43. The quantitative estimate of drug-likeness (QED) is 0.687. The first-order chi connectivity index (χ1) is 13.3. The highest BCUT2D eigenvalue weighted by Gasteiger charge is 2.27. The van der Waals surface area contributed by atoms with Gasteiger partial charge >= 0.3 is 5.97 Å². The largest absolute Gasteiger partial charge is 0.480 e. The van der Waals surface area contributed by atoms with E-state index in [-0.39, 0.29) is 12.3 Å². The number of aryl methyl sites for hydroxylation is 2. The second-order valence-corrected chi connectivity index (χ2v) is 6.88. The summed E-state index contributed by atoms with van der Waals surface area (Å²) in [5.74, 6) is -0.708. The highest BCUT2D eigenvalue weighted by molar-refractivity contribution is 5.96. The average molecular weight is 378 g/mol. The summed E-state index contributed by atoms with van der Waals surface area (Å²) >= 11 is 0. The van der Waals surface area contributed by atoms with Crippen LogP contribution in [0, 0.1) is 13.8 Å². The van der Waals surface area contributed by atoms with E-state index in [1.165, 1.54) is 18.3 Å². The lowest BCUT2D eigenvalue weighted by molar-refractivity contribution is -0.141. The normalized spacial score (nSPS) is 11.8. The van der Waals surface area contributed by atoms with Crippen LogP contribution in [-0.2, 0) is 11.2 Å². The molecule has 0 unspecified atom stereocenters. The van der Waals surface area contributed by atoms with E-state index in [0.29, 0.717) is 11.4 Å². The molecule has 2 aromatic carbocycles. The Balaban J connectivity index is 1.79. The van der Waals surface area contributed by atoms with Crippen LogP contribution in [0.5, 0.6) is 0 Å². The van der Waals surface area contributed by atoms with Crippen LogP contribution in [-0.4, -0.2) is 50.2 Å². The van der Waals surface area contributed by atoms with Crippen molar-refractivity contribution in [1.82, 2.24) is 20.1 Å². The predicted molar refractivity (Wildman–Crippen MR) is 105 cm³/mol. The number of aromatic nitrogens is 3. The van der Waals surface area contributed by atoms with Gasteiger partial charge in [-0.1, -0.05) is 41.5 Å². The first-order valence-electron chi connectivity index (χ1n) is 8.88. The van der Waals surface area contributed by atoms with Crippen LogP contribution in [0.15, 0.2) is 48.8 Å². The molecule has 0 radical (unpaired) electrons. The molecule has 1 atom stereocenters. The zero-order valence-corrected chi connectivity index (χ0v) is 16.0. The highest BCUT2D eigenvalue weighted by Crippen LogP contribution is 2.18. The monoisotopic (exact) mass is 378 g/mol. The molecule has 1 aromatic heterocycles. The Morgan fingerprint density at radius 1 is 1.11 bits per heavy atom. The van der Waals surface area contributed by atoms with Crippen molar-refractivity contribution in [2.75, 3.05) is 7.05 Å². The number of carbonyl (C=O) groups excluding carboxylic acids is 1. The number of benzene rings is 2. The molecule has 0 bridgehead atoms. The van der Waals surface area contributed by atoms with Gasteiger partial charge in [0.1, 0.15) is 12.4 Å². The van der Waals surface area contributed by atoms with Gasteiger partial charge in [0.2, 0.25) is 0 Å². The fourth-order valence-corrected chi connectivity index (χ4v) is 3.20. The van der Waals surface area contributed by atoms with E-state index in [2.05, 4.69) is 15.2 Å². The van der Waals surface area contributed by atoms with Crippen LogP contribution in [0.4, 0.5) is 0 Å². The van der Waals surface area contributed by atoms with Gasteiger partial charge in [0, 0.05) is 24.6 Å². The zero-order chi connectivity index (χ0) is 20.3. The fraction of sp³-hybridized carbons (Fsp3) is 0.238. The Hall–Kier alpha value is -3.48. The molecule has 0 saturated carbocycles. The maximum atomic E-state index is 12.8. The standard InChI is InChI=1S/C21H22N4O3/c1-13-8-14(2)10-17(9-13)20(26)25(3)18(21(27)28)11-15-4-6-16(7-5-15)19-22-12-23-24-19/h4-10,12,18H,11H2,1-3H3,(H,27,28)(H,22,23,24)/t18-/m0/s1. The van der Waals surface area contributed by atoms with E-state index >= 15 is 0 Å². The van der Waals surface area contributed by atoms with Crippen molar-refractivity contribution >= 4 is 11.9 Å². The lowest BCUT2D eigenvalue weighted by Gasteiger charge is -2.25. The minimum absolute atomic E-state index is 0.207. The number of likely N-dealkylation sites (N-methyl/N-ethyl adjacent to an activating group) is 1. The van der Waals surface area contributed by atoms with Gasteiger partial charge in [0.05, 0.1) is 0 Å². The third-order valence-electron chi connectivity index (χ3n) is 4.61. The number of nitrogens with one attached hydrogen (secondary N) is 1. The van der Waals surface area contributed by atoms with Crippen molar-refractivity contribution in [3.63, 3.8) is 0 Å².